The number of anilines is 4. The summed E-state index contributed by atoms with van der Waals surface area (Å²) >= 11 is 0. The van der Waals surface area contributed by atoms with Gasteiger partial charge in [0, 0.05) is 50.4 Å². The number of hydrogen-bond acceptors (Lipinski definition) is 5. The summed E-state index contributed by atoms with van der Waals surface area (Å²) in [5, 5.41) is 13.1. The first-order chi connectivity index (χ1) is 14.5. The van der Waals surface area contributed by atoms with Gasteiger partial charge >= 0.3 is 0 Å². The number of amides is 1. The minimum absolute atomic E-state index is 0.0615. The van der Waals surface area contributed by atoms with Crippen molar-refractivity contribution < 1.29 is 4.79 Å². The van der Waals surface area contributed by atoms with Crippen LogP contribution in [0.3, 0.4) is 0 Å². The Kier molecular flexibility index (Phi) is 4.65. The van der Waals surface area contributed by atoms with E-state index in [0.29, 0.717) is 18.3 Å². The first-order valence-corrected chi connectivity index (χ1v) is 10.9. The Morgan fingerprint density at radius 3 is 2.80 bits per heavy atom. The smallest absolute Gasteiger partial charge is 0.226 e. The zero-order valence-electron chi connectivity index (χ0n) is 17.9. The fourth-order valence-corrected chi connectivity index (χ4v) is 4.86. The molecule has 0 spiro atoms. The summed E-state index contributed by atoms with van der Waals surface area (Å²) in [4.78, 5) is 14.6. The van der Waals surface area contributed by atoms with E-state index in [1.807, 2.05) is 24.2 Å². The quantitative estimate of drug-likeness (QED) is 0.776. The van der Waals surface area contributed by atoms with Gasteiger partial charge in [0.1, 0.15) is 0 Å². The molecule has 3 atom stereocenters. The predicted octanol–water partition coefficient (Wildman–Crippen LogP) is 4.49. The van der Waals surface area contributed by atoms with Crippen LogP contribution in [0.15, 0.2) is 41.5 Å². The Morgan fingerprint density at radius 2 is 2.00 bits per heavy atom. The van der Waals surface area contributed by atoms with Crippen LogP contribution in [0.2, 0.25) is 0 Å². The monoisotopic (exact) mass is 403 g/mol. The highest BCUT2D eigenvalue weighted by molar-refractivity contribution is 6.00. The Bertz CT molecular complexity index is 1020. The van der Waals surface area contributed by atoms with E-state index in [4.69, 9.17) is 0 Å². The molecule has 156 valence electrons. The van der Waals surface area contributed by atoms with Crippen molar-refractivity contribution in [2.75, 3.05) is 35.7 Å². The number of hydrogen-bond donors (Lipinski definition) is 2. The van der Waals surface area contributed by atoms with Crippen LogP contribution in [0.1, 0.15) is 49.7 Å². The molecule has 0 aromatic heterocycles. The average molecular weight is 404 g/mol. The molecule has 6 heteroatoms. The minimum Gasteiger partial charge on any atom is -0.379 e. The van der Waals surface area contributed by atoms with Crippen molar-refractivity contribution in [2.24, 2.45) is 5.10 Å². The lowest BCUT2D eigenvalue weighted by molar-refractivity contribution is -0.116. The highest BCUT2D eigenvalue weighted by atomic mass is 16.1. The number of nitrogens with one attached hydrogen (secondary N) is 2. The maximum Gasteiger partial charge on any atom is 0.226 e. The van der Waals surface area contributed by atoms with Gasteiger partial charge in [-0.2, -0.15) is 5.10 Å². The Labute approximate surface area is 177 Å². The molecule has 2 aromatic rings. The molecule has 5 rings (SSSR count). The summed E-state index contributed by atoms with van der Waals surface area (Å²) in [7, 11) is 2.02. The summed E-state index contributed by atoms with van der Waals surface area (Å²) in [5.41, 5.74) is 7.00. The van der Waals surface area contributed by atoms with E-state index in [9.17, 15) is 4.79 Å². The summed E-state index contributed by atoms with van der Waals surface area (Å²) in [6.07, 6.45) is 3.63. The highest BCUT2D eigenvalue weighted by Gasteiger charge is 2.29. The number of carbonyl (C=O) groups is 1. The van der Waals surface area contributed by atoms with Crippen molar-refractivity contribution in [3.8, 4) is 0 Å². The molecule has 0 bridgehead atoms. The van der Waals surface area contributed by atoms with Gasteiger partial charge in [-0.3, -0.25) is 9.80 Å². The van der Waals surface area contributed by atoms with Crippen molar-refractivity contribution in [3.05, 3.63) is 47.5 Å². The molecule has 3 heterocycles. The van der Waals surface area contributed by atoms with Gasteiger partial charge < -0.3 is 15.5 Å². The van der Waals surface area contributed by atoms with E-state index in [1.54, 1.807) is 0 Å². The van der Waals surface area contributed by atoms with Gasteiger partial charge in [0.2, 0.25) is 5.91 Å². The van der Waals surface area contributed by atoms with Crippen molar-refractivity contribution >= 4 is 34.9 Å². The Balaban J connectivity index is 1.55. The molecular formula is C24H29N5O. The molecule has 3 aliphatic heterocycles. The normalized spacial score (nSPS) is 25.3. The number of rotatable bonds is 2. The molecule has 0 fully saturated rings. The molecule has 6 nitrogen and oxygen atoms in total. The van der Waals surface area contributed by atoms with E-state index < -0.39 is 0 Å². The molecule has 0 saturated carbocycles. The van der Waals surface area contributed by atoms with Gasteiger partial charge in [0.15, 0.2) is 0 Å². The van der Waals surface area contributed by atoms with E-state index in [2.05, 4.69) is 65.0 Å². The fraction of sp³-hybridized carbons (Fsp3) is 0.417. The summed E-state index contributed by atoms with van der Waals surface area (Å²) in [6, 6.07) is 13.2. The maximum absolute atomic E-state index is 12.2. The number of carbonyl (C=O) groups excluding carboxylic acids is 1. The van der Waals surface area contributed by atoms with Gasteiger partial charge in [-0.05, 0) is 48.6 Å². The van der Waals surface area contributed by atoms with Crippen molar-refractivity contribution in [1.29, 1.82) is 0 Å². The molecule has 2 N–H and O–H groups in total. The van der Waals surface area contributed by atoms with Crippen LogP contribution in [0.5, 0.6) is 0 Å². The SMILES string of the molecule is C[C@@H]1CC(=O)Nc2cccc(N3CC[C@H](C)c4cc(C5C=NN(C)C5)ccc43)c2N1. The standard InChI is InChI=1S/C24H29N5O/c1-15-9-10-29(21-8-7-17(12-19(15)21)18-13-25-28(3)14-18)22-6-4-5-20-24(22)26-16(2)11-23(30)27-20/h4-8,12-13,15-16,18,26H,9-11,14H2,1-3H3,(H,27,30)/t15-,16+,18?/m0/s1. The average Bonchev–Trinajstić information content (AvgIpc) is 3.09. The second kappa shape index (κ2) is 7.35. The second-order valence-corrected chi connectivity index (χ2v) is 8.87. The van der Waals surface area contributed by atoms with E-state index in [0.717, 1.165) is 36.6 Å². The van der Waals surface area contributed by atoms with Crippen LogP contribution >= 0.6 is 0 Å². The molecule has 0 aliphatic carbocycles. The number of benzene rings is 2. The van der Waals surface area contributed by atoms with Gasteiger partial charge in [0.25, 0.3) is 0 Å². The molecule has 1 unspecified atom stereocenters. The van der Waals surface area contributed by atoms with Gasteiger partial charge in [-0.1, -0.05) is 25.1 Å². The minimum atomic E-state index is 0.0615. The third-order valence-electron chi connectivity index (χ3n) is 6.48. The first-order valence-electron chi connectivity index (χ1n) is 10.9. The summed E-state index contributed by atoms with van der Waals surface area (Å²) < 4.78 is 0. The fourth-order valence-electron chi connectivity index (χ4n) is 4.86. The van der Waals surface area contributed by atoms with Crippen molar-refractivity contribution in [2.45, 2.75) is 44.6 Å². The lowest BCUT2D eigenvalue weighted by Crippen LogP contribution is -2.28. The summed E-state index contributed by atoms with van der Waals surface area (Å²) in [6.45, 7) is 6.27. The highest BCUT2D eigenvalue weighted by Crippen LogP contribution is 2.45. The van der Waals surface area contributed by atoms with E-state index >= 15 is 0 Å². The molecule has 30 heavy (non-hydrogen) atoms. The van der Waals surface area contributed by atoms with E-state index in [-0.39, 0.29) is 11.9 Å². The number of likely N-dealkylation sites (N-methyl/N-ethyl adjacent to an activating group) is 1. The van der Waals surface area contributed by atoms with Crippen LogP contribution in [-0.4, -0.2) is 43.3 Å². The maximum atomic E-state index is 12.2. The van der Waals surface area contributed by atoms with Crippen molar-refractivity contribution in [3.63, 3.8) is 0 Å². The molecular weight excluding hydrogens is 374 g/mol. The molecule has 2 aromatic carbocycles. The van der Waals surface area contributed by atoms with E-state index in [1.165, 1.54) is 16.8 Å². The number of nitrogens with zero attached hydrogens (tertiary/aromatic N) is 3. The predicted molar refractivity (Wildman–Crippen MR) is 123 cm³/mol. The first kappa shape index (κ1) is 19.0. The molecule has 0 radical (unpaired) electrons. The number of para-hydroxylation sites is 1. The van der Waals surface area contributed by atoms with Crippen LogP contribution in [0.4, 0.5) is 22.7 Å². The van der Waals surface area contributed by atoms with Crippen LogP contribution in [0, 0.1) is 0 Å². The van der Waals surface area contributed by atoms with Crippen molar-refractivity contribution in [1.82, 2.24) is 5.01 Å². The summed E-state index contributed by atoms with van der Waals surface area (Å²) in [5.74, 6) is 0.932. The second-order valence-electron chi connectivity index (χ2n) is 8.87. The van der Waals surface area contributed by atoms with Crippen LogP contribution in [-0.2, 0) is 4.79 Å². The number of hydrazone groups is 1. The third kappa shape index (κ3) is 3.30. The lowest BCUT2D eigenvalue weighted by atomic mass is 9.87. The van der Waals surface area contributed by atoms with Crippen LogP contribution < -0.4 is 15.5 Å². The molecule has 3 aliphatic rings. The largest absolute Gasteiger partial charge is 0.379 e. The Hall–Kier alpha value is -3.02. The van der Waals surface area contributed by atoms with Gasteiger partial charge in [0.05, 0.1) is 17.1 Å². The lowest BCUT2D eigenvalue weighted by Gasteiger charge is -2.36. The van der Waals surface area contributed by atoms with Gasteiger partial charge in [-0.25, -0.2) is 0 Å². The zero-order valence-corrected chi connectivity index (χ0v) is 17.9. The topological polar surface area (TPSA) is 60.0 Å². The number of fused-ring (bicyclic) bond motifs is 2. The van der Waals surface area contributed by atoms with Crippen LogP contribution in [0.25, 0.3) is 0 Å². The molecule has 0 saturated heterocycles. The Morgan fingerprint density at radius 1 is 1.13 bits per heavy atom. The molecule has 1 amide bonds. The van der Waals surface area contributed by atoms with Gasteiger partial charge in [-0.15, -0.1) is 0 Å². The third-order valence-corrected chi connectivity index (χ3v) is 6.48. The zero-order chi connectivity index (χ0) is 20.8.